The molecule has 3 N–H and O–H groups in total. The van der Waals surface area contributed by atoms with Gasteiger partial charge in [0.2, 0.25) is 0 Å². The van der Waals surface area contributed by atoms with E-state index in [2.05, 4.69) is 0 Å². The lowest BCUT2D eigenvalue weighted by atomic mass is 9.98. The second kappa shape index (κ2) is 7.43. The minimum absolute atomic E-state index is 0.190. The molecule has 1 aromatic rings. The van der Waals surface area contributed by atoms with Crippen LogP contribution in [0.5, 0.6) is 5.75 Å². The molecule has 1 unspecified atom stereocenters. The number of phenols is 1. The number of hydrogen-bond acceptors (Lipinski definition) is 5. The Kier molecular flexibility index (Phi) is 6.18. The number of phenolic OH excluding ortho intramolecular Hbond substituents is 1. The summed E-state index contributed by atoms with van der Waals surface area (Å²) in [6.07, 6.45) is 1.02. The van der Waals surface area contributed by atoms with Crippen molar-refractivity contribution in [2.24, 2.45) is 5.73 Å². The van der Waals surface area contributed by atoms with Crippen LogP contribution < -0.4 is 5.73 Å². The third-order valence-corrected chi connectivity index (χ3v) is 2.91. The molecule has 0 aromatic heterocycles. The van der Waals surface area contributed by atoms with E-state index in [1.165, 1.54) is 0 Å². The fraction of sp³-hybridized carbons (Fsp3) is 0.562. The molecule has 0 aliphatic heterocycles. The van der Waals surface area contributed by atoms with Gasteiger partial charge in [0.15, 0.2) is 0 Å². The average molecular weight is 295 g/mol. The normalized spacial score (nSPS) is 13.0. The highest BCUT2D eigenvalue weighted by Crippen LogP contribution is 2.19. The van der Waals surface area contributed by atoms with E-state index in [1.807, 2.05) is 20.8 Å². The van der Waals surface area contributed by atoms with Gasteiger partial charge in [-0.05, 0) is 56.9 Å². The lowest BCUT2D eigenvalue weighted by Gasteiger charge is -2.22. The molecule has 0 bridgehead atoms. The molecule has 0 amide bonds. The zero-order valence-electron chi connectivity index (χ0n) is 13.2. The summed E-state index contributed by atoms with van der Waals surface area (Å²) in [6, 6.07) is 4.32. The molecule has 0 saturated carbocycles. The molecule has 21 heavy (non-hydrogen) atoms. The van der Waals surface area contributed by atoms with E-state index in [4.69, 9.17) is 15.2 Å². The van der Waals surface area contributed by atoms with Crippen molar-refractivity contribution in [1.29, 1.82) is 0 Å². The van der Waals surface area contributed by atoms with E-state index >= 15 is 0 Å². The van der Waals surface area contributed by atoms with Gasteiger partial charge in [0.25, 0.3) is 0 Å². The maximum atomic E-state index is 11.9. The van der Waals surface area contributed by atoms with E-state index in [9.17, 15) is 9.90 Å². The van der Waals surface area contributed by atoms with Crippen molar-refractivity contribution in [3.63, 3.8) is 0 Å². The summed E-state index contributed by atoms with van der Waals surface area (Å²) in [5, 5.41) is 9.57. The number of carbonyl (C=O) groups excluding carboxylic acids is 1. The van der Waals surface area contributed by atoms with Gasteiger partial charge in [-0.2, -0.15) is 0 Å². The van der Waals surface area contributed by atoms with Crippen molar-refractivity contribution in [2.75, 3.05) is 13.7 Å². The smallest absolute Gasteiger partial charge is 0.323 e. The highest BCUT2D eigenvalue weighted by molar-refractivity contribution is 5.76. The number of aromatic hydroxyl groups is 1. The Morgan fingerprint density at radius 2 is 2.00 bits per heavy atom. The molecule has 0 aliphatic rings. The zero-order valence-corrected chi connectivity index (χ0v) is 13.2. The fourth-order valence-electron chi connectivity index (χ4n) is 1.95. The number of carbonyl (C=O) groups is 1. The van der Waals surface area contributed by atoms with Crippen LogP contribution in [0.4, 0.5) is 0 Å². The zero-order chi connectivity index (χ0) is 16.0. The van der Waals surface area contributed by atoms with Gasteiger partial charge in [-0.25, -0.2) is 0 Å². The molecule has 5 nitrogen and oxygen atoms in total. The summed E-state index contributed by atoms with van der Waals surface area (Å²) < 4.78 is 10.3. The maximum Gasteiger partial charge on any atom is 0.323 e. The van der Waals surface area contributed by atoms with Gasteiger partial charge < -0.3 is 20.3 Å². The molecule has 0 fully saturated rings. The molecule has 0 aliphatic carbocycles. The van der Waals surface area contributed by atoms with Crippen molar-refractivity contribution in [1.82, 2.24) is 0 Å². The Morgan fingerprint density at radius 1 is 1.33 bits per heavy atom. The van der Waals surface area contributed by atoms with Crippen molar-refractivity contribution in [3.8, 4) is 5.75 Å². The molecular formula is C16H25NO4. The van der Waals surface area contributed by atoms with E-state index < -0.39 is 17.6 Å². The lowest BCUT2D eigenvalue weighted by Crippen LogP contribution is -2.39. The van der Waals surface area contributed by atoms with Gasteiger partial charge in [-0.1, -0.05) is 6.07 Å². The number of methoxy groups -OCH3 is 1. The number of rotatable bonds is 6. The molecule has 0 saturated heterocycles. The minimum atomic E-state index is -0.727. The fourth-order valence-corrected chi connectivity index (χ4v) is 1.95. The second-order valence-corrected chi connectivity index (χ2v) is 6.04. The highest BCUT2D eigenvalue weighted by atomic mass is 16.6. The molecule has 0 spiro atoms. The molecule has 118 valence electrons. The highest BCUT2D eigenvalue weighted by Gasteiger charge is 2.23. The summed E-state index contributed by atoms with van der Waals surface area (Å²) in [5.41, 5.74) is 7.22. The number of ether oxygens (including phenoxy) is 2. The first kappa shape index (κ1) is 17.5. The molecule has 0 radical (unpaired) electrons. The molecule has 1 rings (SSSR count). The van der Waals surface area contributed by atoms with Gasteiger partial charge in [0, 0.05) is 7.11 Å². The predicted molar refractivity (Wildman–Crippen MR) is 81.2 cm³/mol. The summed E-state index contributed by atoms with van der Waals surface area (Å²) in [6.45, 7) is 5.96. The summed E-state index contributed by atoms with van der Waals surface area (Å²) >= 11 is 0. The Hall–Kier alpha value is -1.59. The first-order chi connectivity index (χ1) is 9.73. The maximum absolute atomic E-state index is 11.9. The number of esters is 1. The predicted octanol–water partition coefficient (Wildman–Crippen LogP) is 1.79. The molecule has 0 heterocycles. The largest absolute Gasteiger partial charge is 0.508 e. The van der Waals surface area contributed by atoms with Crippen LogP contribution in [-0.2, 0) is 27.1 Å². The SMILES string of the molecule is COCCc1cc(O)ccc1CC(N)C(=O)OC(C)(C)C. The van der Waals surface area contributed by atoms with Gasteiger partial charge in [-0.3, -0.25) is 4.79 Å². The first-order valence-corrected chi connectivity index (χ1v) is 7.01. The summed E-state index contributed by atoms with van der Waals surface area (Å²) in [5.74, 6) is -0.232. The van der Waals surface area contributed by atoms with Gasteiger partial charge in [0.1, 0.15) is 17.4 Å². The minimum Gasteiger partial charge on any atom is -0.508 e. The third kappa shape index (κ3) is 6.14. The Morgan fingerprint density at radius 3 is 2.57 bits per heavy atom. The standard InChI is InChI=1S/C16H25NO4/c1-16(2,3)21-15(19)14(17)10-11-5-6-13(18)9-12(11)7-8-20-4/h5-6,9,14,18H,7-8,10,17H2,1-4H3. The van der Waals surface area contributed by atoms with Crippen molar-refractivity contribution >= 4 is 5.97 Å². The van der Waals surface area contributed by atoms with Crippen LogP contribution >= 0.6 is 0 Å². The van der Waals surface area contributed by atoms with Crippen LogP contribution in [0.15, 0.2) is 18.2 Å². The monoisotopic (exact) mass is 295 g/mol. The Labute approximate surface area is 126 Å². The number of nitrogens with two attached hydrogens (primary N) is 1. The third-order valence-electron chi connectivity index (χ3n) is 2.91. The Balaban J connectivity index is 2.79. The van der Waals surface area contributed by atoms with Crippen molar-refractivity contribution < 1.29 is 19.4 Å². The van der Waals surface area contributed by atoms with Crippen LogP contribution in [0.25, 0.3) is 0 Å². The quantitative estimate of drug-likeness (QED) is 0.782. The van der Waals surface area contributed by atoms with Gasteiger partial charge in [-0.15, -0.1) is 0 Å². The van der Waals surface area contributed by atoms with E-state index in [1.54, 1.807) is 25.3 Å². The summed E-state index contributed by atoms with van der Waals surface area (Å²) in [4.78, 5) is 11.9. The first-order valence-electron chi connectivity index (χ1n) is 7.01. The molecule has 5 heteroatoms. The van der Waals surface area contributed by atoms with Crippen molar-refractivity contribution in [2.45, 2.75) is 45.3 Å². The summed E-state index contributed by atoms with van der Waals surface area (Å²) in [7, 11) is 1.62. The van der Waals surface area contributed by atoms with Gasteiger partial charge in [0.05, 0.1) is 6.61 Å². The molecule has 1 atom stereocenters. The second-order valence-electron chi connectivity index (χ2n) is 6.04. The Bertz CT molecular complexity index is 480. The van der Waals surface area contributed by atoms with Crippen LogP contribution in [0.1, 0.15) is 31.9 Å². The topological polar surface area (TPSA) is 81.8 Å². The van der Waals surface area contributed by atoms with E-state index in [0.29, 0.717) is 19.4 Å². The van der Waals surface area contributed by atoms with Crippen LogP contribution in [0, 0.1) is 0 Å². The molecular weight excluding hydrogens is 270 g/mol. The van der Waals surface area contributed by atoms with Crippen LogP contribution in [-0.4, -0.2) is 36.4 Å². The average Bonchev–Trinajstić information content (AvgIpc) is 2.36. The van der Waals surface area contributed by atoms with Gasteiger partial charge >= 0.3 is 5.97 Å². The van der Waals surface area contributed by atoms with E-state index in [0.717, 1.165) is 11.1 Å². The van der Waals surface area contributed by atoms with Crippen LogP contribution in [0.2, 0.25) is 0 Å². The van der Waals surface area contributed by atoms with Crippen molar-refractivity contribution in [3.05, 3.63) is 29.3 Å². The number of benzene rings is 1. The number of hydrogen-bond donors (Lipinski definition) is 2. The lowest BCUT2D eigenvalue weighted by molar-refractivity contribution is -0.156. The molecule has 1 aromatic carbocycles. The van der Waals surface area contributed by atoms with Crippen LogP contribution in [0.3, 0.4) is 0 Å². The van der Waals surface area contributed by atoms with E-state index in [-0.39, 0.29) is 5.75 Å².